The Bertz CT molecular complexity index is 629. The zero-order valence-corrected chi connectivity index (χ0v) is 11.2. The van der Waals surface area contributed by atoms with Gasteiger partial charge in [-0.1, -0.05) is 11.6 Å². The lowest BCUT2D eigenvalue weighted by molar-refractivity contribution is 0.0697. The van der Waals surface area contributed by atoms with Crippen molar-refractivity contribution >= 4 is 17.6 Å². The van der Waals surface area contributed by atoms with Gasteiger partial charge in [0.1, 0.15) is 0 Å². The number of carboxylic acids is 1. The second kappa shape index (κ2) is 4.50. The monoisotopic (exact) mass is 263 g/mol. The zero-order valence-electron chi connectivity index (χ0n) is 10.5. The highest BCUT2D eigenvalue weighted by molar-refractivity contribution is 6.33. The van der Waals surface area contributed by atoms with E-state index in [9.17, 15) is 4.79 Å². The van der Waals surface area contributed by atoms with E-state index < -0.39 is 5.97 Å². The van der Waals surface area contributed by atoms with Gasteiger partial charge in [0, 0.05) is 17.1 Å². The van der Waals surface area contributed by atoms with Gasteiger partial charge in [-0.05, 0) is 50.6 Å². The predicted molar refractivity (Wildman–Crippen MR) is 71.9 cm³/mol. The van der Waals surface area contributed by atoms with Crippen molar-refractivity contribution in [3.8, 4) is 5.69 Å². The molecule has 94 valence electrons. The fourth-order valence-electron chi connectivity index (χ4n) is 2.14. The van der Waals surface area contributed by atoms with E-state index in [-0.39, 0.29) is 10.6 Å². The second-order valence-corrected chi connectivity index (χ2v) is 4.77. The van der Waals surface area contributed by atoms with Gasteiger partial charge in [-0.3, -0.25) is 0 Å². The molecule has 0 fully saturated rings. The van der Waals surface area contributed by atoms with E-state index in [0.29, 0.717) is 0 Å². The Hall–Kier alpha value is -1.74. The number of hydrogen-bond acceptors (Lipinski definition) is 1. The van der Waals surface area contributed by atoms with Crippen LogP contribution in [0.3, 0.4) is 0 Å². The summed E-state index contributed by atoms with van der Waals surface area (Å²) in [6.07, 6.45) is 0. The molecule has 2 aromatic rings. The lowest BCUT2D eigenvalue weighted by Gasteiger charge is -2.11. The fourth-order valence-corrected chi connectivity index (χ4v) is 2.34. The average molecular weight is 264 g/mol. The molecule has 3 nitrogen and oxygen atoms in total. The summed E-state index contributed by atoms with van der Waals surface area (Å²) in [7, 11) is 0. The van der Waals surface area contributed by atoms with Crippen LogP contribution in [0.4, 0.5) is 0 Å². The van der Waals surface area contributed by atoms with Crippen molar-refractivity contribution in [1.29, 1.82) is 0 Å². The van der Waals surface area contributed by atoms with Crippen LogP contribution in [0.1, 0.15) is 27.3 Å². The summed E-state index contributed by atoms with van der Waals surface area (Å²) in [5, 5.41) is 9.34. The van der Waals surface area contributed by atoms with E-state index >= 15 is 0 Å². The van der Waals surface area contributed by atoms with Crippen LogP contribution in [0.15, 0.2) is 24.3 Å². The molecule has 0 saturated heterocycles. The van der Waals surface area contributed by atoms with Crippen molar-refractivity contribution in [2.75, 3.05) is 0 Å². The molecule has 0 aliphatic carbocycles. The summed E-state index contributed by atoms with van der Waals surface area (Å²) in [6, 6.07) is 7.12. The SMILES string of the molecule is Cc1cc(C)n(-c2ccc(Cl)c(C(=O)O)c2)c1C. The van der Waals surface area contributed by atoms with Crippen molar-refractivity contribution in [2.24, 2.45) is 0 Å². The number of benzene rings is 1. The van der Waals surface area contributed by atoms with Gasteiger partial charge in [0.25, 0.3) is 0 Å². The smallest absolute Gasteiger partial charge is 0.337 e. The Morgan fingerprint density at radius 1 is 1.22 bits per heavy atom. The van der Waals surface area contributed by atoms with Crippen LogP contribution in [0, 0.1) is 20.8 Å². The summed E-state index contributed by atoms with van der Waals surface area (Å²) >= 11 is 5.87. The van der Waals surface area contributed by atoms with Crippen molar-refractivity contribution in [3.05, 3.63) is 51.8 Å². The first kappa shape index (κ1) is 12.7. The quantitative estimate of drug-likeness (QED) is 0.897. The van der Waals surface area contributed by atoms with Crippen LogP contribution in [0.25, 0.3) is 5.69 Å². The lowest BCUT2D eigenvalue weighted by Crippen LogP contribution is -2.03. The Morgan fingerprint density at radius 2 is 1.89 bits per heavy atom. The van der Waals surface area contributed by atoms with Crippen LogP contribution >= 0.6 is 11.6 Å². The van der Waals surface area contributed by atoms with E-state index in [1.165, 1.54) is 5.56 Å². The minimum Gasteiger partial charge on any atom is -0.478 e. The molecule has 0 aliphatic heterocycles. The van der Waals surface area contributed by atoms with Crippen LogP contribution in [0.5, 0.6) is 0 Å². The van der Waals surface area contributed by atoms with Crippen molar-refractivity contribution < 1.29 is 9.90 Å². The van der Waals surface area contributed by atoms with Crippen molar-refractivity contribution in [3.63, 3.8) is 0 Å². The maximum atomic E-state index is 11.1. The molecule has 0 bridgehead atoms. The normalized spacial score (nSPS) is 10.7. The first-order valence-corrected chi connectivity index (χ1v) is 5.98. The maximum absolute atomic E-state index is 11.1. The van der Waals surface area contributed by atoms with Crippen molar-refractivity contribution in [2.45, 2.75) is 20.8 Å². The average Bonchev–Trinajstić information content (AvgIpc) is 2.54. The first-order valence-electron chi connectivity index (χ1n) is 5.60. The molecule has 0 saturated carbocycles. The Kier molecular flexibility index (Phi) is 3.18. The van der Waals surface area contributed by atoms with Crippen molar-refractivity contribution in [1.82, 2.24) is 4.57 Å². The summed E-state index contributed by atoms with van der Waals surface area (Å²) in [5.41, 5.74) is 4.30. The lowest BCUT2D eigenvalue weighted by atomic mass is 10.2. The largest absolute Gasteiger partial charge is 0.478 e. The van der Waals surface area contributed by atoms with Crippen LogP contribution < -0.4 is 0 Å². The van der Waals surface area contributed by atoms with Gasteiger partial charge in [0.2, 0.25) is 0 Å². The summed E-state index contributed by atoms with van der Waals surface area (Å²) < 4.78 is 2.03. The maximum Gasteiger partial charge on any atom is 0.337 e. The van der Waals surface area contributed by atoms with Gasteiger partial charge in [-0.15, -0.1) is 0 Å². The Balaban J connectivity index is 2.65. The minimum atomic E-state index is -1.01. The number of carboxylic acid groups (broad SMARTS) is 1. The summed E-state index contributed by atoms with van der Waals surface area (Å²) in [6.45, 7) is 6.04. The molecule has 1 aromatic carbocycles. The number of carbonyl (C=O) groups is 1. The standard InChI is InChI=1S/C14H14ClNO2/c1-8-6-9(2)16(10(8)3)11-4-5-13(15)12(7-11)14(17)18/h4-7H,1-3H3,(H,17,18). The number of halogens is 1. The molecule has 2 rings (SSSR count). The topological polar surface area (TPSA) is 42.2 Å². The molecular weight excluding hydrogens is 250 g/mol. The zero-order chi connectivity index (χ0) is 13.4. The number of hydrogen-bond donors (Lipinski definition) is 1. The molecule has 0 unspecified atom stereocenters. The van der Waals surface area contributed by atoms with Gasteiger partial charge >= 0.3 is 5.97 Å². The van der Waals surface area contributed by atoms with E-state index in [0.717, 1.165) is 17.1 Å². The van der Waals surface area contributed by atoms with Crippen LogP contribution in [0.2, 0.25) is 5.02 Å². The summed E-state index contributed by atoms with van der Waals surface area (Å²) in [4.78, 5) is 11.1. The molecule has 0 radical (unpaired) electrons. The third-order valence-corrected chi connectivity index (χ3v) is 3.45. The van der Waals surface area contributed by atoms with E-state index in [4.69, 9.17) is 16.7 Å². The van der Waals surface area contributed by atoms with Crippen LogP contribution in [-0.4, -0.2) is 15.6 Å². The first-order chi connectivity index (χ1) is 8.41. The number of aryl methyl sites for hydroxylation is 2. The number of aromatic carboxylic acids is 1. The molecule has 1 aromatic heterocycles. The Labute approximate surface area is 111 Å². The molecule has 18 heavy (non-hydrogen) atoms. The predicted octanol–water partition coefficient (Wildman–Crippen LogP) is 3.75. The highest BCUT2D eigenvalue weighted by Gasteiger charge is 2.13. The number of rotatable bonds is 2. The third-order valence-electron chi connectivity index (χ3n) is 3.12. The minimum absolute atomic E-state index is 0.124. The van der Waals surface area contributed by atoms with E-state index in [1.54, 1.807) is 12.1 Å². The molecule has 1 N–H and O–H groups in total. The van der Waals surface area contributed by atoms with Gasteiger partial charge in [-0.2, -0.15) is 0 Å². The highest BCUT2D eigenvalue weighted by Crippen LogP contribution is 2.24. The molecule has 0 amide bonds. The molecule has 1 heterocycles. The number of aromatic nitrogens is 1. The van der Waals surface area contributed by atoms with Gasteiger partial charge in [-0.25, -0.2) is 4.79 Å². The second-order valence-electron chi connectivity index (χ2n) is 4.36. The van der Waals surface area contributed by atoms with Gasteiger partial charge < -0.3 is 9.67 Å². The fraction of sp³-hybridized carbons (Fsp3) is 0.214. The number of nitrogens with zero attached hydrogens (tertiary/aromatic N) is 1. The van der Waals surface area contributed by atoms with Crippen LogP contribution in [-0.2, 0) is 0 Å². The Morgan fingerprint density at radius 3 is 2.39 bits per heavy atom. The molecule has 0 spiro atoms. The van der Waals surface area contributed by atoms with E-state index in [1.807, 2.05) is 31.4 Å². The molecular formula is C14H14ClNO2. The molecule has 0 aliphatic rings. The van der Waals surface area contributed by atoms with Gasteiger partial charge in [0.05, 0.1) is 10.6 Å². The molecule has 0 atom stereocenters. The molecule has 4 heteroatoms. The van der Waals surface area contributed by atoms with Gasteiger partial charge in [0.15, 0.2) is 0 Å². The third kappa shape index (κ3) is 2.02. The van der Waals surface area contributed by atoms with E-state index in [2.05, 4.69) is 6.07 Å². The summed E-state index contributed by atoms with van der Waals surface area (Å²) in [5.74, 6) is -1.01. The highest BCUT2D eigenvalue weighted by atomic mass is 35.5.